The maximum atomic E-state index is 12.6. The largest absolute Gasteiger partial charge is 0.493 e. The van der Waals surface area contributed by atoms with Crippen LogP contribution in [0, 0.1) is 6.92 Å². The van der Waals surface area contributed by atoms with Crippen LogP contribution in [0.4, 0.5) is 5.69 Å². The third-order valence-electron chi connectivity index (χ3n) is 4.67. The smallest absolute Gasteiger partial charge is 0.252 e. The number of rotatable bonds is 7. The predicted octanol–water partition coefficient (Wildman–Crippen LogP) is 2.79. The molecule has 0 aromatic heterocycles. The number of hydrogen-bond acceptors (Lipinski definition) is 5. The van der Waals surface area contributed by atoms with E-state index in [0.29, 0.717) is 24.5 Å². The third-order valence-corrected chi connectivity index (χ3v) is 4.67. The lowest BCUT2D eigenvalue weighted by Gasteiger charge is -2.17. The van der Waals surface area contributed by atoms with Crippen molar-refractivity contribution in [3.63, 3.8) is 0 Å². The number of aryl methyl sites for hydroxylation is 1. The summed E-state index contributed by atoms with van der Waals surface area (Å²) in [6, 6.07) is 12.9. The maximum absolute atomic E-state index is 12.6. The van der Waals surface area contributed by atoms with Crippen LogP contribution < -0.4 is 14.8 Å². The van der Waals surface area contributed by atoms with E-state index in [1.165, 1.54) is 4.90 Å². The van der Waals surface area contributed by atoms with Gasteiger partial charge in [-0.1, -0.05) is 18.2 Å². The second kappa shape index (κ2) is 8.12. The molecule has 2 amide bonds. The van der Waals surface area contributed by atoms with Crippen molar-refractivity contribution in [2.24, 2.45) is 0 Å². The number of carbonyl (C=O) groups excluding carboxylic acids is 2. The number of ether oxygens (including phenoxy) is 2. The van der Waals surface area contributed by atoms with E-state index in [4.69, 9.17) is 9.47 Å². The molecule has 0 saturated carbocycles. The van der Waals surface area contributed by atoms with E-state index in [1.54, 1.807) is 14.2 Å². The van der Waals surface area contributed by atoms with Crippen LogP contribution >= 0.6 is 0 Å². The first kappa shape index (κ1) is 18.8. The highest BCUT2D eigenvalue weighted by Crippen LogP contribution is 2.28. The Bertz CT molecular complexity index is 850. The van der Waals surface area contributed by atoms with Gasteiger partial charge in [0.1, 0.15) is 6.04 Å². The minimum atomic E-state index is -0.510. The fourth-order valence-corrected chi connectivity index (χ4v) is 3.24. The predicted molar refractivity (Wildman–Crippen MR) is 103 cm³/mol. The van der Waals surface area contributed by atoms with Crippen molar-refractivity contribution in [2.45, 2.75) is 25.8 Å². The number of benzene rings is 2. The van der Waals surface area contributed by atoms with Crippen LogP contribution in [0.3, 0.4) is 0 Å². The summed E-state index contributed by atoms with van der Waals surface area (Å²) in [6.45, 7) is 2.33. The van der Waals surface area contributed by atoms with E-state index in [2.05, 4.69) is 5.32 Å². The first-order valence-electron chi connectivity index (χ1n) is 8.90. The molecule has 6 heteroatoms. The molecule has 2 aromatic carbocycles. The lowest BCUT2D eigenvalue weighted by Crippen LogP contribution is -2.36. The van der Waals surface area contributed by atoms with Gasteiger partial charge in [-0.15, -0.1) is 0 Å². The van der Waals surface area contributed by atoms with E-state index in [9.17, 15) is 9.59 Å². The standard InChI is InChI=1S/C21H24N2O4/c1-14-5-4-6-16(11-14)22-17-13-20(24)23(21(17)25)10-9-15-7-8-18(26-2)19(12-15)27-3/h4-8,11-12,17,22H,9-10,13H2,1-3H3/t17-/m0/s1. The van der Waals surface area contributed by atoms with Gasteiger partial charge in [-0.2, -0.15) is 0 Å². The fraction of sp³-hybridized carbons (Fsp3) is 0.333. The molecule has 0 unspecified atom stereocenters. The van der Waals surface area contributed by atoms with Gasteiger partial charge in [-0.3, -0.25) is 14.5 Å². The van der Waals surface area contributed by atoms with Gasteiger partial charge in [0, 0.05) is 12.2 Å². The minimum absolute atomic E-state index is 0.148. The molecular weight excluding hydrogens is 344 g/mol. The topological polar surface area (TPSA) is 67.9 Å². The average Bonchev–Trinajstić information content (AvgIpc) is 2.92. The molecule has 1 heterocycles. The second-order valence-corrected chi connectivity index (χ2v) is 6.59. The first-order valence-corrected chi connectivity index (χ1v) is 8.90. The highest BCUT2D eigenvalue weighted by atomic mass is 16.5. The van der Waals surface area contributed by atoms with Gasteiger partial charge >= 0.3 is 0 Å². The molecule has 1 aliphatic rings. The first-order chi connectivity index (χ1) is 13.0. The molecule has 1 saturated heterocycles. The van der Waals surface area contributed by atoms with Gasteiger partial charge in [-0.25, -0.2) is 0 Å². The van der Waals surface area contributed by atoms with Crippen molar-refractivity contribution in [2.75, 3.05) is 26.1 Å². The van der Waals surface area contributed by atoms with E-state index in [1.807, 2.05) is 49.4 Å². The van der Waals surface area contributed by atoms with Crippen molar-refractivity contribution in [1.82, 2.24) is 4.90 Å². The summed E-state index contributed by atoms with van der Waals surface area (Å²) in [7, 11) is 3.16. The second-order valence-electron chi connectivity index (χ2n) is 6.59. The molecule has 1 atom stereocenters. The molecule has 0 radical (unpaired) electrons. The number of nitrogens with one attached hydrogen (secondary N) is 1. The van der Waals surface area contributed by atoms with Gasteiger partial charge in [0.2, 0.25) is 5.91 Å². The number of methoxy groups -OCH3 is 2. The molecule has 1 N–H and O–H groups in total. The summed E-state index contributed by atoms with van der Waals surface area (Å²) in [5.74, 6) is 0.956. The molecule has 142 valence electrons. The van der Waals surface area contributed by atoms with Gasteiger partial charge in [0.15, 0.2) is 11.5 Å². The number of nitrogens with zero attached hydrogens (tertiary/aromatic N) is 1. The van der Waals surface area contributed by atoms with E-state index < -0.39 is 6.04 Å². The Kier molecular flexibility index (Phi) is 5.64. The summed E-state index contributed by atoms with van der Waals surface area (Å²) in [5.41, 5.74) is 2.92. The molecule has 2 aromatic rings. The van der Waals surface area contributed by atoms with Gasteiger partial charge in [-0.05, 0) is 48.7 Å². The van der Waals surface area contributed by atoms with Crippen LogP contribution in [-0.2, 0) is 16.0 Å². The highest BCUT2D eigenvalue weighted by molar-refractivity contribution is 6.06. The van der Waals surface area contributed by atoms with Crippen molar-refractivity contribution < 1.29 is 19.1 Å². The SMILES string of the molecule is COc1ccc(CCN2C(=O)C[C@H](Nc3cccc(C)c3)C2=O)cc1OC. The van der Waals surface area contributed by atoms with Crippen molar-refractivity contribution in [1.29, 1.82) is 0 Å². The van der Waals surface area contributed by atoms with Gasteiger partial charge in [0.05, 0.1) is 20.6 Å². The fourth-order valence-electron chi connectivity index (χ4n) is 3.24. The highest BCUT2D eigenvalue weighted by Gasteiger charge is 2.38. The van der Waals surface area contributed by atoms with Crippen molar-refractivity contribution in [3.8, 4) is 11.5 Å². The molecular formula is C21H24N2O4. The summed E-state index contributed by atoms with van der Waals surface area (Å²) in [5, 5.41) is 3.17. The lowest BCUT2D eigenvalue weighted by molar-refractivity contribution is -0.138. The summed E-state index contributed by atoms with van der Waals surface area (Å²) < 4.78 is 10.5. The average molecular weight is 368 g/mol. The Morgan fingerprint density at radius 1 is 1.07 bits per heavy atom. The monoisotopic (exact) mass is 368 g/mol. The Hall–Kier alpha value is -3.02. The normalized spacial score (nSPS) is 16.6. The zero-order valence-electron chi connectivity index (χ0n) is 15.8. The van der Waals surface area contributed by atoms with Crippen molar-refractivity contribution in [3.05, 3.63) is 53.6 Å². The maximum Gasteiger partial charge on any atom is 0.252 e. The summed E-state index contributed by atoms with van der Waals surface area (Å²) in [6.07, 6.45) is 0.744. The van der Waals surface area contributed by atoms with E-state index >= 15 is 0 Å². The molecule has 3 rings (SSSR count). The molecule has 6 nitrogen and oxygen atoms in total. The molecule has 27 heavy (non-hydrogen) atoms. The zero-order chi connectivity index (χ0) is 19.4. The number of imide groups is 1. The van der Waals surface area contributed by atoms with Crippen LogP contribution in [0.25, 0.3) is 0 Å². The number of likely N-dealkylation sites (tertiary alicyclic amines) is 1. The van der Waals surface area contributed by atoms with Crippen LogP contribution in [0.1, 0.15) is 17.5 Å². The molecule has 0 aliphatic carbocycles. The van der Waals surface area contributed by atoms with Gasteiger partial charge in [0.25, 0.3) is 5.91 Å². The number of anilines is 1. The number of carbonyl (C=O) groups is 2. The molecule has 1 aliphatic heterocycles. The zero-order valence-corrected chi connectivity index (χ0v) is 15.8. The van der Waals surface area contributed by atoms with Crippen LogP contribution in [0.5, 0.6) is 11.5 Å². The third kappa shape index (κ3) is 4.22. The molecule has 0 spiro atoms. The number of hydrogen-bond donors (Lipinski definition) is 1. The Balaban J connectivity index is 1.64. The lowest BCUT2D eigenvalue weighted by atomic mass is 10.1. The minimum Gasteiger partial charge on any atom is -0.493 e. The van der Waals surface area contributed by atoms with E-state index in [0.717, 1.165) is 16.8 Å². The Morgan fingerprint density at radius 3 is 2.56 bits per heavy atom. The van der Waals surface area contributed by atoms with E-state index in [-0.39, 0.29) is 18.2 Å². The van der Waals surface area contributed by atoms with Crippen LogP contribution in [-0.4, -0.2) is 43.5 Å². The number of amides is 2. The molecule has 0 bridgehead atoms. The van der Waals surface area contributed by atoms with Gasteiger partial charge < -0.3 is 14.8 Å². The Labute approximate surface area is 159 Å². The summed E-state index contributed by atoms with van der Waals surface area (Å²) in [4.78, 5) is 26.3. The Morgan fingerprint density at radius 2 is 1.85 bits per heavy atom. The quantitative estimate of drug-likeness (QED) is 0.761. The van der Waals surface area contributed by atoms with Crippen LogP contribution in [0.15, 0.2) is 42.5 Å². The van der Waals surface area contributed by atoms with Crippen LogP contribution in [0.2, 0.25) is 0 Å². The summed E-state index contributed by atoms with van der Waals surface area (Å²) >= 11 is 0. The molecule has 1 fully saturated rings. The van der Waals surface area contributed by atoms with Crippen molar-refractivity contribution >= 4 is 17.5 Å².